The van der Waals surface area contributed by atoms with E-state index in [9.17, 15) is 8.42 Å². The molecule has 0 spiro atoms. The summed E-state index contributed by atoms with van der Waals surface area (Å²) in [5, 5.41) is 0. The van der Waals surface area contributed by atoms with Crippen LogP contribution in [0, 0.1) is 5.92 Å². The highest BCUT2D eigenvalue weighted by Gasteiger charge is 2.30. The summed E-state index contributed by atoms with van der Waals surface area (Å²) >= 11 is 0. The molecule has 0 unspecified atom stereocenters. The molecule has 3 rings (SSSR count). The first-order chi connectivity index (χ1) is 11.7. The lowest BCUT2D eigenvalue weighted by Crippen LogP contribution is -2.41. The predicted octanol–water partition coefficient (Wildman–Crippen LogP) is 2.70. The third-order valence-electron chi connectivity index (χ3n) is 4.22. The summed E-state index contributed by atoms with van der Waals surface area (Å²) in [5.41, 5.74) is 1.13. The minimum Gasteiger partial charge on any atom is -0.376 e. The van der Waals surface area contributed by atoms with Crippen LogP contribution < -0.4 is 0 Å². The Labute approximate surface area is 143 Å². The van der Waals surface area contributed by atoms with Crippen molar-refractivity contribution in [2.24, 2.45) is 5.92 Å². The van der Waals surface area contributed by atoms with Crippen LogP contribution in [0.5, 0.6) is 0 Å². The molecule has 0 N–H and O–H groups in total. The van der Waals surface area contributed by atoms with Crippen molar-refractivity contribution in [2.75, 3.05) is 19.7 Å². The minimum atomic E-state index is -3.46. The average molecular weight is 346 g/mol. The van der Waals surface area contributed by atoms with E-state index in [-0.39, 0.29) is 10.8 Å². The van der Waals surface area contributed by atoms with Crippen LogP contribution in [-0.4, -0.2) is 37.4 Å². The second-order valence-electron chi connectivity index (χ2n) is 6.06. The lowest BCUT2D eigenvalue weighted by atomic mass is 10.0. The minimum absolute atomic E-state index is 0.230. The van der Waals surface area contributed by atoms with Gasteiger partial charge in [0.1, 0.15) is 4.90 Å². The van der Waals surface area contributed by atoms with Gasteiger partial charge in [0.15, 0.2) is 0 Å². The Kier molecular flexibility index (Phi) is 5.60. The van der Waals surface area contributed by atoms with Gasteiger partial charge in [-0.1, -0.05) is 30.3 Å². The second kappa shape index (κ2) is 7.88. The topological polar surface area (TPSA) is 59.5 Å². The van der Waals surface area contributed by atoms with Gasteiger partial charge in [-0.05, 0) is 36.5 Å². The molecule has 2 aromatic rings. The van der Waals surface area contributed by atoms with E-state index in [4.69, 9.17) is 4.74 Å². The first kappa shape index (κ1) is 17.1. The number of hydrogen-bond donors (Lipinski definition) is 0. The third-order valence-corrected chi connectivity index (χ3v) is 6.07. The predicted molar refractivity (Wildman–Crippen MR) is 91.8 cm³/mol. The molecule has 128 valence electrons. The number of nitrogens with zero attached hydrogens (tertiary/aromatic N) is 2. The van der Waals surface area contributed by atoms with Crippen molar-refractivity contribution in [3.8, 4) is 0 Å². The maximum absolute atomic E-state index is 12.7. The van der Waals surface area contributed by atoms with Gasteiger partial charge in [0, 0.05) is 25.5 Å². The maximum atomic E-state index is 12.7. The molecule has 2 heterocycles. The molecule has 1 aromatic heterocycles. The lowest BCUT2D eigenvalue weighted by molar-refractivity contribution is 0.0672. The summed E-state index contributed by atoms with van der Waals surface area (Å²) < 4.78 is 32.7. The van der Waals surface area contributed by atoms with E-state index in [0.717, 1.165) is 18.4 Å². The van der Waals surface area contributed by atoms with Crippen molar-refractivity contribution in [2.45, 2.75) is 24.3 Å². The first-order valence-corrected chi connectivity index (χ1v) is 9.62. The van der Waals surface area contributed by atoms with Crippen LogP contribution in [0.3, 0.4) is 0 Å². The highest BCUT2D eigenvalue weighted by atomic mass is 32.2. The van der Waals surface area contributed by atoms with E-state index in [0.29, 0.717) is 26.3 Å². The van der Waals surface area contributed by atoms with E-state index >= 15 is 0 Å². The summed E-state index contributed by atoms with van der Waals surface area (Å²) in [7, 11) is -3.46. The van der Waals surface area contributed by atoms with Crippen LogP contribution in [0.1, 0.15) is 18.4 Å². The third kappa shape index (κ3) is 4.20. The smallest absolute Gasteiger partial charge is 0.244 e. The van der Waals surface area contributed by atoms with Crippen LogP contribution in [0.15, 0.2) is 59.8 Å². The number of piperidine rings is 1. The van der Waals surface area contributed by atoms with Crippen molar-refractivity contribution in [1.82, 2.24) is 9.29 Å². The largest absolute Gasteiger partial charge is 0.376 e. The molecular weight excluding hydrogens is 324 g/mol. The molecule has 1 fully saturated rings. The van der Waals surface area contributed by atoms with Crippen molar-refractivity contribution in [3.63, 3.8) is 0 Å². The maximum Gasteiger partial charge on any atom is 0.244 e. The SMILES string of the molecule is O=S(=O)(c1cccnc1)N1CCC[C@H](COCc2ccccc2)C1. The molecule has 0 amide bonds. The fourth-order valence-electron chi connectivity index (χ4n) is 2.95. The van der Waals surface area contributed by atoms with E-state index in [1.807, 2.05) is 30.3 Å². The molecule has 0 bridgehead atoms. The summed E-state index contributed by atoms with van der Waals surface area (Å²) in [6, 6.07) is 13.3. The number of ether oxygens (including phenoxy) is 1. The highest BCUT2D eigenvalue weighted by molar-refractivity contribution is 7.89. The highest BCUT2D eigenvalue weighted by Crippen LogP contribution is 2.23. The van der Waals surface area contributed by atoms with Crippen LogP contribution in [0.25, 0.3) is 0 Å². The first-order valence-electron chi connectivity index (χ1n) is 8.18. The number of aromatic nitrogens is 1. The fraction of sp³-hybridized carbons (Fsp3) is 0.389. The Morgan fingerprint density at radius 3 is 2.75 bits per heavy atom. The van der Waals surface area contributed by atoms with Crippen LogP contribution in [-0.2, 0) is 21.4 Å². The zero-order valence-corrected chi connectivity index (χ0v) is 14.4. The molecule has 1 aliphatic heterocycles. The van der Waals surface area contributed by atoms with Crippen LogP contribution in [0.2, 0.25) is 0 Å². The van der Waals surface area contributed by atoms with Crippen molar-refractivity contribution >= 4 is 10.0 Å². The Balaban J connectivity index is 1.56. The molecule has 1 atom stereocenters. The Hall–Kier alpha value is -1.76. The number of hydrogen-bond acceptors (Lipinski definition) is 4. The van der Waals surface area contributed by atoms with Gasteiger partial charge in [0.25, 0.3) is 0 Å². The zero-order chi connectivity index (χ0) is 16.8. The molecular formula is C18H22N2O3S. The number of sulfonamides is 1. The standard InChI is InChI=1S/C18H22N2O3S/c21-24(22,18-9-4-10-19-12-18)20-11-5-8-17(13-20)15-23-14-16-6-2-1-3-7-16/h1-4,6-7,9-10,12,17H,5,8,11,13-15H2/t17-/m0/s1. The van der Waals surface area contributed by atoms with Crippen molar-refractivity contribution in [1.29, 1.82) is 0 Å². The molecule has 0 radical (unpaired) electrons. The average Bonchev–Trinajstić information content (AvgIpc) is 2.64. The summed E-state index contributed by atoms with van der Waals surface area (Å²) in [5.74, 6) is 0.230. The normalized spacial score (nSPS) is 19.2. The lowest BCUT2D eigenvalue weighted by Gasteiger charge is -2.31. The van der Waals surface area contributed by atoms with Gasteiger partial charge in [-0.2, -0.15) is 4.31 Å². The van der Waals surface area contributed by atoms with E-state index < -0.39 is 10.0 Å². The Morgan fingerprint density at radius 1 is 1.17 bits per heavy atom. The van der Waals surface area contributed by atoms with Crippen LogP contribution in [0.4, 0.5) is 0 Å². The zero-order valence-electron chi connectivity index (χ0n) is 13.5. The summed E-state index contributed by atoms with van der Waals surface area (Å²) in [6.07, 6.45) is 4.84. The van der Waals surface area contributed by atoms with Gasteiger partial charge in [0.05, 0.1) is 13.2 Å². The van der Waals surface area contributed by atoms with Crippen LogP contribution >= 0.6 is 0 Å². The fourth-order valence-corrected chi connectivity index (χ4v) is 4.47. The van der Waals surface area contributed by atoms with Gasteiger partial charge >= 0.3 is 0 Å². The molecule has 1 aromatic carbocycles. The molecule has 6 heteroatoms. The van der Waals surface area contributed by atoms with Gasteiger partial charge < -0.3 is 4.74 Å². The number of rotatable bonds is 6. The summed E-state index contributed by atoms with van der Waals surface area (Å²) in [4.78, 5) is 4.18. The van der Waals surface area contributed by atoms with Gasteiger partial charge in [-0.15, -0.1) is 0 Å². The quantitative estimate of drug-likeness (QED) is 0.807. The molecule has 1 saturated heterocycles. The monoisotopic (exact) mass is 346 g/mol. The number of pyridine rings is 1. The van der Waals surface area contributed by atoms with Crippen molar-refractivity contribution < 1.29 is 13.2 Å². The van der Waals surface area contributed by atoms with E-state index in [1.165, 1.54) is 6.20 Å². The summed E-state index contributed by atoms with van der Waals surface area (Å²) in [6.45, 7) is 2.21. The second-order valence-corrected chi connectivity index (χ2v) is 8.00. The van der Waals surface area contributed by atoms with Gasteiger partial charge in [0.2, 0.25) is 10.0 Å². The van der Waals surface area contributed by atoms with Crippen molar-refractivity contribution in [3.05, 3.63) is 60.4 Å². The Morgan fingerprint density at radius 2 is 2.00 bits per heavy atom. The molecule has 5 nitrogen and oxygen atoms in total. The molecule has 0 saturated carbocycles. The van der Waals surface area contributed by atoms with Gasteiger partial charge in [-0.25, -0.2) is 8.42 Å². The van der Waals surface area contributed by atoms with Gasteiger partial charge in [-0.3, -0.25) is 4.98 Å². The van der Waals surface area contributed by atoms with E-state index in [2.05, 4.69) is 4.98 Å². The molecule has 24 heavy (non-hydrogen) atoms. The molecule has 0 aliphatic carbocycles. The molecule has 1 aliphatic rings. The van der Waals surface area contributed by atoms with E-state index in [1.54, 1.807) is 22.6 Å². The Bertz CT molecular complexity index is 735. The number of benzene rings is 1.